The number of nitrogens with one attached hydrogen (secondary N) is 1. The fourth-order valence-corrected chi connectivity index (χ4v) is 2.26. The van der Waals surface area contributed by atoms with Gasteiger partial charge in [-0.3, -0.25) is 15.1 Å². The molecular formula is C21H26N2O4. The lowest BCUT2D eigenvalue weighted by atomic mass is 9.91. The summed E-state index contributed by atoms with van der Waals surface area (Å²) in [4.78, 5) is 28.1. The zero-order chi connectivity index (χ0) is 19.9. The van der Waals surface area contributed by atoms with Gasteiger partial charge in [-0.1, -0.05) is 19.1 Å². The number of carbonyl (C=O) groups is 2. The van der Waals surface area contributed by atoms with Gasteiger partial charge in [0.05, 0.1) is 11.1 Å². The Hall–Kier alpha value is -2.89. The normalized spacial score (nSPS) is 11.0. The Morgan fingerprint density at radius 3 is 2.52 bits per heavy atom. The number of aryl methyl sites for hydroxylation is 1. The van der Waals surface area contributed by atoms with E-state index in [0.717, 1.165) is 16.8 Å². The van der Waals surface area contributed by atoms with Crippen LogP contribution >= 0.6 is 0 Å². The molecule has 6 nitrogen and oxygen atoms in total. The predicted molar refractivity (Wildman–Crippen MR) is 104 cm³/mol. The van der Waals surface area contributed by atoms with Gasteiger partial charge in [-0.05, 0) is 57.0 Å². The zero-order valence-corrected chi connectivity index (χ0v) is 16.2. The first-order valence-corrected chi connectivity index (χ1v) is 8.96. The van der Waals surface area contributed by atoms with Crippen LogP contribution in [0.15, 0.2) is 42.6 Å². The van der Waals surface area contributed by atoms with Crippen molar-refractivity contribution in [3.8, 4) is 11.3 Å². The standard InChI is InChI=1S/C21H26N2O4/c1-5-21(3,4)19(24)26-12-13-27-20(25)23-16-10-9-15(2)17(14-16)18-8-6-7-11-22-18/h6-11,14H,5,12-13H2,1-4H3,(H,23,25). The molecule has 0 spiro atoms. The number of anilines is 1. The van der Waals surface area contributed by atoms with E-state index in [2.05, 4.69) is 10.3 Å². The van der Waals surface area contributed by atoms with E-state index in [9.17, 15) is 9.59 Å². The van der Waals surface area contributed by atoms with Crippen LogP contribution in [0.3, 0.4) is 0 Å². The van der Waals surface area contributed by atoms with Crippen molar-refractivity contribution in [2.45, 2.75) is 34.1 Å². The van der Waals surface area contributed by atoms with Crippen molar-refractivity contribution < 1.29 is 19.1 Å². The minimum atomic E-state index is -0.600. The first kappa shape index (κ1) is 20.4. The Balaban J connectivity index is 1.87. The van der Waals surface area contributed by atoms with E-state index in [-0.39, 0.29) is 19.2 Å². The van der Waals surface area contributed by atoms with Crippen LogP contribution in [0.1, 0.15) is 32.8 Å². The molecule has 0 aliphatic rings. The number of pyridine rings is 1. The van der Waals surface area contributed by atoms with Gasteiger partial charge in [0.2, 0.25) is 0 Å². The third-order valence-electron chi connectivity index (χ3n) is 4.41. The van der Waals surface area contributed by atoms with Crippen molar-refractivity contribution in [2.24, 2.45) is 5.41 Å². The van der Waals surface area contributed by atoms with Crippen LogP contribution in [-0.4, -0.2) is 30.3 Å². The second-order valence-corrected chi connectivity index (χ2v) is 6.88. The summed E-state index contributed by atoms with van der Waals surface area (Å²) in [6, 6.07) is 11.2. The first-order valence-electron chi connectivity index (χ1n) is 8.96. The Kier molecular flexibility index (Phi) is 6.93. The molecule has 2 rings (SSSR count). The molecule has 1 aromatic heterocycles. The van der Waals surface area contributed by atoms with E-state index >= 15 is 0 Å². The maximum atomic E-state index is 12.0. The van der Waals surface area contributed by atoms with Crippen LogP contribution in [0.5, 0.6) is 0 Å². The SMILES string of the molecule is CCC(C)(C)C(=O)OCCOC(=O)Nc1ccc(C)c(-c2ccccn2)c1. The average molecular weight is 370 g/mol. The van der Waals surface area contributed by atoms with Gasteiger partial charge in [-0.25, -0.2) is 4.79 Å². The summed E-state index contributed by atoms with van der Waals surface area (Å²) in [6.07, 6.45) is 1.81. The average Bonchev–Trinajstić information content (AvgIpc) is 2.67. The van der Waals surface area contributed by atoms with Crippen molar-refractivity contribution in [1.29, 1.82) is 0 Å². The molecule has 1 heterocycles. The maximum absolute atomic E-state index is 12.0. The molecular weight excluding hydrogens is 344 g/mol. The molecule has 1 N–H and O–H groups in total. The van der Waals surface area contributed by atoms with Crippen molar-refractivity contribution >= 4 is 17.7 Å². The Morgan fingerprint density at radius 2 is 1.85 bits per heavy atom. The molecule has 0 saturated carbocycles. The second kappa shape index (κ2) is 9.16. The fourth-order valence-electron chi connectivity index (χ4n) is 2.26. The quantitative estimate of drug-likeness (QED) is 0.570. The number of hydrogen-bond donors (Lipinski definition) is 1. The molecule has 27 heavy (non-hydrogen) atoms. The van der Waals surface area contributed by atoms with E-state index in [4.69, 9.17) is 9.47 Å². The molecule has 0 unspecified atom stereocenters. The summed E-state index contributed by atoms with van der Waals surface area (Å²) in [5.41, 5.74) is 2.89. The van der Waals surface area contributed by atoms with Gasteiger partial charge in [0.1, 0.15) is 13.2 Å². The van der Waals surface area contributed by atoms with Crippen molar-refractivity contribution in [3.63, 3.8) is 0 Å². The van der Waals surface area contributed by atoms with E-state index in [1.165, 1.54) is 0 Å². The van der Waals surface area contributed by atoms with Crippen molar-refractivity contribution in [3.05, 3.63) is 48.2 Å². The van der Waals surface area contributed by atoms with E-state index < -0.39 is 11.5 Å². The maximum Gasteiger partial charge on any atom is 0.411 e. The van der Waals surface area contributed by atoms with E-state index in [0.29, 0.717) is 12.1 Å². The summed E-state index contributed by atoms with van der Waals surface area (Å²) < 4.78 is 10.2. The van der Waals surface area contributed by atoms with E-state index in [1.807, 2.05) is 58.0 Å². The largest absolute Gasteiger partial charge is 0.462 e. The Bertz CT molecular complexity index is 788. The summed E-state index contributed by atoms with van der Waals surface area (Å²) in [6.45, 7) is 7.57. The monoisotopic (exact) mass is 370 g/mol. The van der Waals surface area contributed by atoms with Gasteiger partial charge in [0.25, 0.3) is 0 Å². The van der Waals surface area contributed by atoms with Gasteiger partial charge in [-0.2, -0.15) is 0 Å². The third kappa shape index (κ3) is 5.81. The Labute approximate surface area is 159 Å². The summed E-state index contributed by atoms with van der Waals surface area (Å²) in [7, 11) is 0. The number of ether oxygens (including phenoxy) is 2. The van der Waals surface area contributed by atoms with Crippen LogP contribution in [0.4, 0.5) is 10.5 Å². The van der Waals surface area contributed by atoms with Gasteiger partial charge >= 0.3 is 12.1 Å². The minimum absolute atomic E-state index is 0.00364. The van der Waals surface area contributed by atoms with E-state index in [1.54, 1.807) is 12.3 Å². The smallest absolute Gasteiger partial charge is 0.411 e. The lowest BCUT2D eigenvalue weighted by molar-refractivity contribution is -0.155. The highest BCUT2D eigenvalue weighted by atomic mass is 16.6. The zero-order valence-electron chi connectivity index (χ0n) is 16.2. The predicted octanol–water partition coefficient (Wildman–Crippen LogP) is 4.58. The highest BCUT2D eigenvalue weighted by Crippen LogP contribution is 2.25. The molecule has 0 radical (unpaired) electrons. The highest BCUT2D eigenvalue weighted by molar-refractivity contribution is 5.86. The molecule has 6 heteroatoms. The number of aromatic nitrogens is 1. The lowest BCUT2D eigenvalue weighted by Gasteiger charge is -2.20. The highest BCUT2D eigenvalue weighted by Gasteiger charge is 2.26. The van der Waals surface area contributed by atoms with Crippen LogP contribution in [0.2, 0.25) is 0 Å². The van der Waals surface area contributed by atoms with Crippen LogP contribution in [0.25, 0.3) is 11.3 Å². The number of benzene rings is 1. The van der Waals surface area contributed by atoms with Crippen molar-refractivity contribution in [2.75, 3.05) is 18.5 Å². The molecule has 0 aliphatic carbocycles. The van der Waals surface area contributed by atoms with Gasteiger partial charge in [0.15, 0.2) is 0 Å². The van der Waals surface area contributed by atoms with Crippen LogP contribution < -0.4 is 5.32 Å². The summed E-state index contributed by atoms with van der Waals surface area (Å²) >= 11 is 0. The number of rotatable bonds is 7. The Morgan fingerprint density at radius 1 is 1.11 bits per heavy atom. The summed E-state index contributed by atoms with van der Waals surface area (Å²) in [5.74, 6) is -0.299. The first-order chi connectivity index (χ1) is 12.8. The van der Waals surface area contributed by atoms with Crippen LogP contribution in [0, 0.1) is 12.3 Å². The molecule has 0 bridgehead atoms. The molecule has 0 saturated heterocycles. The van der Waals surface area contributed by atoms with Crippen LogP contribution in [-0.2, 0) is 14.3 Å². The fraction of sp³-hybridized carbons (Fsp3) is 0.381. The molecule has 0 fully saturated rings. The van der Waals surface area contributed by atoms with Gasteiger partial charge in [0, 0.05) is 17.4 Å². The summed E-state index contributed by atoms with van der Waals surface area (Å²) in [5, 5.41) is 2.68. The van der Waals surface area contributed by atoms with Gasteiger partial charge in [-0.15, -0.1) is 0 Å². The molecule has 144 valence electrons. The number of nitrogens with zero attached hydrogens (tertiary/aromatic N) is 1. The number of hydrogen-bond acceptors (Lipinski definition) is 5. The van der Waals surface area contributed by atoms with Crippen molar-refractivity contribution in [1.82, 2.24) is 4.98 Å². The second-order valence-electron chi connectivity index (χ2n) is 6.88. The topological polar surface area (TPSA) is 77.5 Å². The molecule has 0 aliphatic heterocycles. The number of carbonyl (C=O) groups excluding carboxylic acids is 2. The third-order valence-corrected chi connectivity index (χ3v) is 4.41. The molecule has 0 atom stereocenters. The lowest BCUT2D eigenvalue weighted by Crippen LogP contribution is -2.27. The molecule has 2 aromatic rings. The van der Waals surface area contributed by atoms with Gasteiger partial charge < -0.3 is 9.47 Å². The minimum Gasteiger partial charge on any atom is -0.462 e. The molecule has 1 amide bonds. The number of esters is 1. The molecule has 1 aromatic carbocycles. The number of amides is 1.